The van der Waals surface area contributed by atoms with Crippen molar-refractivity contribution >= 4 is 23.4 Å². The number of anilines is 1. The fourth-order valence-electron chi connectivity index (χ4n) is 1.07. The Balaban J connectivity index is 2.74. The molecule has 17 heavy (non-hydrogen) atoms. The molecule has 0 unspecified atom stereocenters. The minimum Gasteiger partial charge on any atom is -0.506 e. The van der Waals surface area contributed by atoms with Crippen LogP contribution in [0.2, 0.25) is 0 Å². The Bertz CT molecular complexity index is 468. The number of hydrogen-bond acceptors (Lipinski definition) is 4. The molecule has 6 nitrogen and oxygen atoms in total. The molecule has 0 spiro atoms. The van der Waals surface area contributed by atoms with Crippen LogP contribution in [0.25, 0.3) is 0 Å². The number of urea groups is 1. The van der Waals surface area contributed by atoms with E-state index >= 15 is 0 Å². The Labute approximate surface area is 97.9 Å². The largest absolute Gasteiger partial charge is 0.506 e. The van der Waals surface area contributed by atoms with Crippen molar-refractivity contribution in [1.29, 1.82) is 0 Å². The number of hydrogen-bond donors (Lipinski definition) is 2. The van der Waals surface area contributed by atoms with Gasteiger partial charge in [0.15, 0.2) is 0 Å². The molecule has 2 amide bonds. The molecule has 0 heterocycles. The van der Waals surface area contributed by atoms with E-state index in [0.29, 0.717) is 0 Å². The van der Waals surface area contributed by atoms with E-state index in [1.165, 1.54) is 26.2 Å². The van der Waals surface area contributed by atoms with Gasteiger partial charge in [0.1, 0.15) is 11.5 Å². The second kappa shape index (κ2) is 5.64. The van der Waals surface area contributed by atoms with Gasteiger partial charge in [0.25, 0.3) is 0 Å². The summed E-state index contributed by atoms with van der Waals surface area (Å²) >= 11 is 0. The van der Waals surface area contributed by atoms with Crippen LogP contribution < -0.4 is 5.32 Å². The number of rotatable bonds is 2. The molecule has 1 aromatic carbocycles. The minimum atomic E-state index is -0.755. The zero-order chi connectivity index (χ0) is 12.8. The summed E-state index contributed by atoms with van der Waals surface area (Å²) in [6.07, 6.45) is 0. The zero-order valence-corrected chi connectivity index (χ0v) is 9.43. The molecule has 0 aliphatic carbocycles. The molecule has 0 aliphatic heterocycles. The molecule has 1 aromatic rings. The minimum absolute atomic E-state index is 0.0691. The second-order valence-corrected chi connectivity index (χ2v) is 3.14. The average Bonchev–Trinajstić information content (AvgIpc) is 2.31. The summed E-state index contributed by atoms with van der Waals surface area (Å²) in [5.74, 6) is -0.760. The van der Waals surface area contributed by atoms with Crippen molar-refractivity contribution < 1.29 is 19.4 Å². The SMILES string of the molecule is COC(=O)C(C)=NC(=O)Nc1ccccc1O. The number of para-hydroxylation sites is 2. The Morgan fingerprint density at radius 2 is 2.00 bits per heavy atom. The molecular weight excluding hydrogens is 224 g/mol. The third-order valence-corrected chi connectivity index (χ3v) is 1.90. The molecule has 0 saturated carbocycles. The predicted molar refractivity (Wildman–Crippen MR) is 62.3 cm³/mol. The monoisotopic (exact) mass is 236 g/mol. The van der Waals surface area contributed by atoms with Gasteiger partial charge in [0.05, 0.1) is 12.8 Å². The molecule has 0 atom stereocenters. The molecule has 0 saturated heterocycles. The highest BCUT2D eigenvalue weighted by Crippen LogP contribution is 2.21. The van der Waals surface area contributed by atoms with Gasteiger partial charge in [0, 0.05) is 0 Å². The lowest BCUT2D eigenvalue weighted by atomic mass is 10.3. The van der Waals surface area contributed by atoms with Gasteiger partial charge in [-0.05, 0) is 19.1 Å². The first-order valence-electron chi connectivity index (χ1n) is 4.77. The summed E-state index contributed by atoms with van der Waals surface area (Å²) in [5, 5.41) is 11.7. The number of methoxy groups -OCH3 is 1. The van der Waals surface area contributed by atoms with E-state index in [2.05, 4.69) is 15.0 Å². The number of nitrogens with one attached hydrogen (secondary N) is 1. The number of phenols is 1. The first-order valence-corrected chi connectivity index (χ1v) is 4.77. The molecule has 0 radical (unpaired) electrons. The van der Waals surface area contributed by atoms with E-state index < -0.39 is 12.0 Å². The van der Waals surface area contributed by atoms with E-state index in [1.54, 1.807) is 12.1 Å². The number of phenolic OH excluding ortho intramolecular Hbond substituents is 1. The molecule has 0 aliphatic rings. The molecule has 6 heteroatoms. The molecular formula is C11H12N2O4. The lowest BCUT2D eigenvalue weighted by Crippen LogP contribution is -2.16. The van der Waals surface area contributed by atoms with Gasteiger partial charge in [-0.1, -0.05) is 12.1 Å². The smallest absolute Gasteiger partial charge is 0.352 e. The lowest BCUT2D eigenvalue weighted by Gasteiger charge is -2.04. The fourth-order valence-corrected chi connectivity index (χ4v) is 1.07. The van der Waals surface area contributed by atoms with Crippen LogP contribution in [0, 0.1) is 0 Å². The van der Waals surface area contributed by atoms with Crippen molar-refractivity contribution in [3.8, 4) is 5.75 Å². The number of nitrogens with zero attached hydrogens (tertiary/aromatic N) is 1. The fraction of sp³-hybridized carbons (Fsp3) is 0.182. The van der Waals surface area contributed by atoms with Crippen LogP contribution in [0.1, 0.15) is 6.92 Å². The van der Waals surface area contributed by atoms with Gasteiger partial charge >= 0.3 is 12.0 Å². The van der Waals surface area contributed by atoms with Gasteiger partial charge in [-0.15, -0.1) is 0 Å². The number of carbonyl (C=O) groups is 2. The number of ether oxygens (including phenoxy) is 1. The van der Waals surface area contributed by atoms with E-state index in [4.69, 9.17) is 0 Å². The molecule has 2 N–H and O–H groups in total. The highest BCUT2D eigenvalue weighted by atomic mass is 16.5. The van der Waals surface area contributed by atoms with Gasteiger partial charge in [-0.2, -0.15) is 4.99 Å². The average molecular weight is 236 g/mol. The summed E-state index contributed by atoms with van der Waals surface area (Å²) in [7, 11) is 1.20. The van der Waals surface area contributed by atoms with Gasteiger partial charge in [-0.25, -0.2) is 9.59 Å². The van der Waals surface area contributed by atoms with Crippen molar-refractivity contribution in [3.63, 3.8) is 0 Å². The first-order chi connectivity index (χ1) is 8.04. The maximum absolute atomic E-state index is 11.4. The summed E-state index contributed by atoms with van der Waals surface area (Å²) in [6, 6.07) is 5.44. The molecule has 1 rings (SSSR count). The molecule has 0 fully saturated rings. The first kappa shape index (κ1) is 12.7. The third kappa shape index (κ3) is 3.60. The van der Waals surface area contributed by atoms with Gasteiger partial charge in [-0.3, -0.25) is 0 Å². The van der Waals surface area contributed by atoms with Crippen molar-refractivity contribution in [1.82, 2.24) is 0 Å². The Morgan fingerprint density at radius 1 is 1.35 bits per heavy atom. The maximum Gasteiger partial charge on any atom is 0.352 e. The Hall–Kier alpha value is -2.37. The summed E-state index contributed by atoms with van der Waals surface area (Å²) in [5.41, 5.74) is 0.152. The topological polar surface area (TPSA) is 88.0 Å². The van der Waals surface area contributed by atoms with Crippen molar-refractivity contribution in [2.45, 2.75) is 6.92 Å². The maximum atomic E-state index is 11.4. The second-order valence-electron chi connectivity index (χ2n) is 3.14. The van der Waals surface area contributed by atoms with E-state index in [9.17, 15) is 14.7 Å². The highest BCUT2D eigenvalue weighted by Gasteiger charge is 2.09. The number of benzene rings is 1. The molecule has 0 aromatic heterocycles. The predicted octanol–water partition coefficient (Wildman–Crippen LogP) is 1.56. The number of esters is 1. The van der Waals surface area contributed by atoms with E-state index in [-0.39, 0.29) is 17.1 Å². The van der Waals surface area contributed by atoms with Crippen LogP contribution in [0.15, 0.2) is 29.3 Å². The number of carbonyl (C=O) groups excluding carboxylic acids is 2. The molecule has 0 bridgehead atoms. The summed E-state index contributed by atoms with van der Waals surface area (Å²) in [4.78, 5) is 25.8. The van der Waals surface area contributed by atoms with Crippen LogP contribution in [0.3, 0.4) is 0 Å². The number of amides is 2. The summed E-state index contributed by atoms with van der Waals surface area (Å²) in [6.45, 7) is 1.36. The number of aliphatic imine (C=N–C) groups is 1. The van der Waals surface area contributed by atoms with Crippen LogP contribution in [-0.4, -0.2) is 29.9 Å². The standard InChI is InChI=1S/C11H12N2O4/c1-7(10(15)17-2)12-11(16)13-8-5-3-4-6-9(8)14/h3-6,14H,1-2H3,(H,13,16). The Kier molecular flexibility index (Phi) is 4.21. The summed E-state index contributed by atoms with van der Waals surface area (Å²) < 4.78 is 4.39. The van der Waals surface area contributed by atoms with Gasteiger partial charge < -0.3 is 15.2 Å². The van der Waals surface area contributed by atoms with Crippen LogP contribution >= 0.6 is 0 Å². The third-order valence-electron chi connectivity index (χ3n) is 1.90. The number of aromatic hydroxyl groups is 1. The normalized spacial score (nSPS) is 10.8. The van der Waals surface area contributed by atoms with E-state index in [1.807, 2.05) is 0 Å². The Morgan fingerprint density at radius 3 is 2.59 bits per heavy atom. The zero-order valence-electron chi connectivity index (χ0n) is 9.43. The molecule has 90 valence electrons. The van der Waals surface area contributed by atoms with Crippen LogP contribution in [-0.2, 0) is 9.53 Å². The lowest BCUT2D eigenvalue weighted by molar-refractivity contribution is -0.132. The highest BCUT2D eigenvalue weighted by molar-refractivity contribution is 6.37. The van der Waals surface area contributed by atoms with Crippen molar-refractivity contribution in [2.75, 3.05) is 12.4 Å². The van der Waals surface area contributed by atoms with Crippen LogP contribution in [0.5, 0.6) is 5.75 Å². The van der Waals surface area contributed by atoms with Crippen molar-refractivity contribution in [2.24, 2.45) is 4.99 Å². The van der Waals surface area contributed by atoms with E-state index in [0.717, 1.165) is 0 Å². The van der Waals surface area contributed by atoms with Crippen molar-refractivity contribution in [3.05, 3.63) is 24.3 Å². The quantitative estimate of drug-likeness (QED) is 0.463. The van der Waals surface area contributed by atoms with Gasteiger partial charge in [0.2, 0.25) is 0 Å². The van der Waals surface area contributed by atoms with Crippen LogP contribution in [0.4, 0.5) is 10.5 Å².